The molecule has 74 valence electrons. The van der Waals surface area contributed by atoms with Crippen molar-refractivity contribution >= 4 is 11.3 Å². The quantitative estimate of drug-likeness (QED) is 0.838. The molecule has 0 aliphatic carbocycles. The number of aryl methyl sites for hydroxylation is 1. The molecule has 0 aromatic carbocycles. The van der Waals surface area contributed by atoms with E-state index < -0.39 is 6.10 Å². The summed E-state index contributed by atoms with van der Waals surface area (Å²) in [6, 6.07) is 5.73. The third kappa shape index (κ3) is 1.58. The third-order valence-corrected chi connectivity index (χ3v) is 3.07. The van der Waals surface area contributed by atoms with E-state index in [9.17, 15) is 5.11 Å². The predicted molar refractivity (Wildman–Crippen MR) is 56.3 cm³/mol. The van der Waals surface area contributed by atoms with E-state index in [-0.39, 0.29) is 0 Å². The Morgan fingerprint density at radius 2 is 2.43 bits per heavy atom. The van der Waals surface area contributed by atoms with Gasteiger partial charge in [0.1, 0.15) is 6.10 Å². The molecular weight excluding hydrogens is 196 g/mol. The summed E-state index contributed by atoms with van der Waals surface area (Å²) in [7, 11) is 0. The van der Waals surface area contributed by atoms with Crippen LogP contribution < -0.4 is 0 Å². The molecule has 1 unspecified atom stereocenters. The average molecular weight is 208 g/mol. The molecule has 0 spiro atoms. The Kier molecular flexibility index (Phi) is 2.65. The second-order valence-electron chi connectivity index (χ2n) is 2.99. The molecule has 0 saturated carbocycles. The molecule has 0 aliphatic rings. The van der Waals surface area contributed by atoms with E-state index in [2.05, 4.69) is 5.10 Å². The molecule has 0 fully saturated rings. The van der Waals surface area contributed by atoms with Crippen molar-refractivity contribution in [2.45, 2.75) is 19.6 Å². The van der Waals surface area contributed by atoms with Crippen LogP contribution in [-0.2, 0) is 6.54 Å². The van der Waals surface area contributed by atoms with Gasteiger partial charge in [-0.15, -0.1) is 11.3 Å². The van der Waals surface area contributed by atoms with Gasteiger partial charge < -0.3 is 5.11 Å². The lowest BCUT2D eigenvalue weighted by Gasteiger charge is -2.10. The standard InChI is InChI=1S/C10H12N2OS/c1-2-12-8(5-6-11-12)10(13)9-4-3-7-14-9/h3-7,10,13H,2H2,1H3. The maximum atomic E-state index is 10.0. The summed E-state index contributed by atoms with van der Waals surface area (Å²) in [6.45, 7) is 2.79. The highest BCUT2D eigenvalue weighted by molar-refractivity contribution is 7.10. The fraction of sp³-hybridized carbons (Fsp3) is 0.300. The minimum atomic E-state index is -0.544. The maximum absolute atomic E-state index is 10.0. The molecule has 0 saturated heterocycles. The Balaban J connectivity index is 2.31. The first-order valence-electron chi connectivity index (χ1n) is 4.56. The van der Waals surface area contributed by atoms with Gasteiger partial charge >= 0.3 is 0 Å². The molecule has 2 rings (SSSR count). The summed E-state index contributed by atoms with van der Waals surface area (Å²) in [6.07, 6.45) is 1.17. The van der Waals surface area contributed by atoms with Crippen LogP contribution in [0.2, 0.25) is 0 Å². The first-order chi connectivity index (χ1) is 6.83. The van der Waals surface area contributed by atoms with Gasteiger partial charge in [-0.05, 0) is 24.4 Å². The Morgan fingerprint density at radius 1 is 1.57 bits per heavy atom. The molecule has 0 radical (unpaired) electrons. The highest BCUT2D eigenvalue weighted by Crippen LogP contribution is 2.25. The van der Waals surface area contributed by atoms with Crippen molar-refractivity contribution in [2.24, 2.45) is 0 Å². The van der Waals surface area contributed by atoms with E-state index in [1.54, 1.807) is 17.5 Å². The number of aliphatic hydroxyl groups excluding tert-OH is 1. The lowest BCUT2D eigenvalue weighted by atomic mass is 10.2. The SMILES string of the molecule is CCn1nccc1C(O)c1cccs1. The maximum Gasteiger partial charge on any atom is 0.130 e. The van der Waals surface area contributed by atoms with Crippen molar-refractivity contribution in [2.75, 3.05) is 0 Å². The van der Waals surface area contributed by atoms with Gasteiger partial charge in [0.05, 0.1) is 5.69 Å². The zero-order valence-electron chi connectivity index (χ0n) is 7.92. The van der Waals surface area contributed by atoms with Crippen molar-refractivity contribution in [1.82, 2.24) is 9.78 Å². The van der Waals surface area contributed by atoms with Crippen molar-refractivity contribution < 1.29 is 5.11 Å². The Bertz CT molecular complexity index is 394. The zero-order chi connectivity index (χ0) is 9.97. The number of hydrogen-bond acceptors (Lipinski definition) is 3. The van der Waals surface area contributed by atoms with Gasteiger partial charge in [-0.2, -0.15) is 5.10 Å². The second kappa shape index (κ2) is 3.94. The first-order valence-corrected chi connectivity index (χ1v) is 5.44. The van der Waals surface area contributed by atoms with E-state index >= 15 is 0 Å². The van der Waals surface area contributed by atoms with Crippen LogP contribution in [0.3, 0.4) is 0 Å². The van der Waals surface area contributed by atoms with Crippen molar-refractivity contribution in [3.05, 3.63) is 40.3 Å². The van der Waals surface area contributed by atoms with Gasteiger partial charge in [0.2, 0.25) is 0 Å². The van der Waals surface area contributed by atoms with Crippen LogP contribution in [-0.4, -0.2) is 14.9 Å². The number of hydrogen-bond donors (Lipinski definition) is 1. The normalized spacial score (nSPS) is 13.0. The third-order valence-electron chi connectivity index (χ3n) is 2.14. The molecule has 2 heterocycles. The summed E-state index contributed by atoms with van der Waals surface area (Å²) >= 11 is 1.56. The average Bonchev–Trinajstić information content (AvgIpc) is 2.87. The van der Waals surface area contributed by atoms with Crippen LogP contribution in [0.4, 0.5) is 0 Å². The zero-order valence-corrected chi connectivity index (χ0v) is 8.74. The van der Waals surface area contributed by atoms with Crippen LogP contribution in [0.1, 0.15) is 23.6 Å². The number of aliphatic hydroxyl groups is 1. The fourth-order valence-electron chi connectivity index (χ4n) is 1.43. The number of nitrogens with zero attached hydrogens (tertiary/aromatic N) is 2. The van der Waals surface area contributed by atoms with Gasteiger partial charge in [-0.25, -0.2) is 0 Å². The van der Waals surface area contributed by atoms with E-state index in [4.69, 9.17) is 0 Å². The second-order valence-corrected chi connectivity index (χ2v) is 3.97. The van der Waals surface area contributed by atoms with Crippen LogP contribution in [0.25, 0.3) is 0 Å². The molecule has 1 N–H and O–H groups in total. The first kappa shape index (κ1) is 9.43. The van der Waals surface area contributed by atoms with Crippen LogP contribution in [0.15, 0.2) is 29.8 Å². The fourth-order valence-corrected chi connectivity index (χ4v) is 2.15. The molecule has 3 nitrogen and oxygen atoms in total. The van der Waals surface area contributed by atoms with Crippen molar-refractivity contribution in [1.29, 1.82) is 0 Å². The van der Waals surface area contributed by atoms with E-state index in [0.717, 1.165) is 17.1 Å². The number of aromatic nitrogens is 2. The lowest BCUT2D eigenvalue weighted by Crippen LogP contribution is -2.07. The van der Waals surface area contributed by atoms with Gasteiger partial charge in [0, 0.05) is 17.6 Å². The summed E-state index contributed by atoms with van der Waals surface area (Å²) in [5, 5.41) is 16.1. The minimum Gasteiger partial charge on any atom is -0.381 e. The molecule has 0 aliphatic heterocycles. The predicted octanol–water partition coefficient (Wildman–Crippen LogP) is 2.05. The molecule has 2 aromatic rings. The van der Waals surface area contributed by atoms with E-state index in [1.807, 2.05) is 35.2 Å². The highest BCUT2D eigenvalue weighted by Gasteiger charge is 2.14. The summed E-state index contributed by atoms with van der Waals surface area (Å²) in [5.74, 6) is 0. The molecule has 0 bridgehead atoms. The minimum absolute atomic E-state index is 0.544. The molecular formula is C10H12N2OS. The van der Waals surface area contributed by atoms with Crippen LogP contribution >= 0.6 is 11.3 Å². The summed E-state index contributed by atoms with van der Waals surface area (Å²) in [5.41, 5.74) is 0.856. The topological polar surface area (TPSA) is 38.0 Å². The lowest BCUT2D eigenvalue weighted by molar-refractivity contribution is 0.212. The Morgan fingerprint density at radius 3 is 3.07 bits per heavy atom. The van der Waals surface area contributed by atoms with E-state index in [1.165, 1.54) is 0 Å². The number of thiophene rings is 1. The van der Waals surface area contributed by atoms with Gasteiger partial charge in [0.15, 0.2) is 0 Å². The van der Waals surface area contributed by atoms with Gasteiger partial charge in [-0.3, -0.25) is 4.68 Å². The van der Waals surface area contributed by atoms with Crippen molar-refractivity contribution in [3.8, 4) is 0 Å². The van der Waals surface area contributed by atoms with Crippen LogP contribution in [0, 0.1) is 0 Å². The van der Waals surface area contributed by atoms with Crippen molar-refractivity contribution in [3.63, 3.8) is 0 Å². The monoisotopic (exact) mass is 208 g/mol. The van der Waals surface area contributed by atoms with Crippen LogP contribution in [0.5, 0.6) is 0 Å². The summed E-state index contributed by atoms with van der Waals surface area (Å²) in [4.78, 5) is 0.959. The van der Waals surface area contributed by atoms with Gasteiger partial charge in [-0.1, -0.05) is 6.07 Å². The number of rotatable bonds is 3. The molecule has 0 amide bonds. The molecule has 4 heteroatoms. The molecule has 14 heavy (non-hydrogen) atoms. The largest absolute Gasteiger partial charge is 0.381 e. The summed E-state index contributed by atoms with van der Waals surface area (Å²) < 4.78 is 1.81. The van der Waals surface area contributed by atoms with Gasteiger partial charge in [0.25, 0.3) is 0 Å². The van der Waals surface area contributed by atoms with E-state index in [0.29, 0.717) is 0 Å². The smallest absolute Gasteiger partial charge is 0.130 e. The Hall–Kier alpha value is -1.13. The highest BCUT2D eigenvalue weighted by atomic mass is 32.1. The molecule has 1 atom stereocenters. The Labute approximate surface area is 86.6 Å². The molecule has 2 aromatic heterocycles.